The van der Waals surface area contributed by atoms with Crippen LogP contribution < -0.4 is 15.4 Å². The summed E-state index contributed by atoms with van der Waals surface area (Å²) in [6.45, 7) is 14.2. The van der Waals surface area contributed by atoms with Gasteiger partial charge in [0, 0.05) is 38.4 Å². The molecular formula is C45H68N2O11. The number of ether oxygens (including phenoxy) is 8. The molecule has 0 bridgehead atoms. The van der Waals surface area contributed by atoms with Crippen molar-refractivity contribution in [2.45, 2.75) is 78.1 Å². The molecule has 2 aliphatic carbocycles. The Morgan fingerprint density at radius 2 is 1.45 bits per heavy atom. The fraction of sp³-hybridized carbons (Fsp3) is 0.622. The quantitative estimate of drug-likeness (QED) is 0.0727. The summed E-state index contributed by atoms with van der Waals surface area (Å²) in [6.07, 6.45) is 13.2. The van der Waals surface area contributed by atoms with Crippen LogP contribution in [0.15, 0.2) is 70.5 Å². The molecule has 0 aromatic heterocycles. The van der Waals surface area contributed by atoms with Gasteiger partial charge in [-0.25, -0.2) is 0 Å². The molecule has 0 saturated carbocycles. The number of hydrogen-bond donors (Lipinski definition) is 4. The second-order valence-electron chi connectivity index (χ2n) is 14.3. The molecule has 0 radical (unpaired) electrons. The van der Waals surface area contributed by atoms with Gasteiger partial charge < -0.3 is 58.7 Å². The summed E-state index contributed by atoms with van der Waals surface area (Å²) >= 11 is 0. The van der Waals surface area contributed by atoms with Crippen molar-refractivity contribution >= 4 is 11.5 Å². The molecule has 1 aromatic carbocycles. The number of allylic oxidation sites excluding steroid dienone is 3. The monoisotopic (exact) mass is 812 g/mol. The highest BCUT2D eigenvalue weighted by molar-refractivity contribution is 5.89. The van der Waals surface area contributed by atoms with Gasteiger partial charge in [-0.2, -0.15) is 0 Å². The first-order valence-electron chi connectivity index (χ1n) is 21.1. The van der Waals surface area contributed by atoms with E-state index in [-0.39, 0.29) is 31.3 Å². The predicted molar refractivity (Wildman–Crippen MR) is 224 cm³/mol. The van der Waals surface area contributed by atoms with Gasteiger partial charge in [0.15, 0.2) is 0 Å². The minimum atomic E-state index is -0.198. The van der Waals surface area contributed by atoms with Crippen molar-refractivity contribution in [2.75, 3.05) is 106 Å². The van der Waals surface area contributed by atoms with E-state index in [2.05, 4.69) is 55.7 Å². The van der Waals surface area contributed by atoms with Gasteiger partial charge in [-0.15, -0.1) is 0 Å². The molecule has 0 spiro atoms. The van der Waals surface area contributed by atoms with Gasteiger partial charge in [0.2, 0.25) is 5.91 Å². The molecule has 58 heavy (non-hydrogen) atoms. The predicted octanol–water partition coefficient (Wildman–Crippen LogP) is 4.97. The Kier molecular flexibility index (Phi) is 23.0. The normalized spacial score (nSPS) is 17.5. The molecule has 4 rings (SSSR count). The second-order valence-corrected chi connectivity index (χ2v) is 14.3. The molecule has 13 heteroatoms. The van der Waals surface area contributed by atoms with E-state index in [0.29, 0.717) is 111 Å². The van der Waals surface area contributed by atoms with Gasteiger partial charge in [0.05, 0.1) is 92.0 Å². The van der Waals surface area contributed by atoms with Crippen molar-refractivity contribution in [1.29, 1.82) is 0 Å². The summed E-state index contributed by atoms with van der Waals surface area (Å²) in [5, 5.41) is 25.5. The highest BCUT2D eigenvalue weighted by Gasteiger charge is 2.36. The molecule has 3 aliphatic rings. The first kappa shape index (κ1) is 47.3. The van der Waals surface area contributed by atoms with Crippen LogP contribution in [0.25, 0.3) is 5.57 Å². The van der Waals surface area contributed by atoms with Crippen LogP contribution in [0.3, 0.4) is 0 Å². The zero-order valence-corrected chi connectivity index (χ0v) is 35.0. The number of fused-ring (bicyclic) bond motifs is 2. The lowest BCUT2D eigenvalue weighted by molar-refractivity contribution is -0.121. The SMILES string of the molecule is CCNC1=CC2OC3CC=C(C)C=C3C(c3cc(OCCCC(=O)NCCOCCCCCOCCOCCOCCOCCOCCO)ccc3CO)=C2C=C1C. The van der Waals surface area contributed by atoms with Gasteiger partial charge in [0.25, 0.3) is 0 Å². The van der Waals surface area contributed by atoms with Gasteiger partial charge >= 0.3 is 0 Å². The summed E-state index contributed by atoms with van der Waals surface area (Å²) < 4.78 is 45.5. The summed E-state index contributed by atoms with van der Waals surface area (Å²) in [6, 6.07) is 5.85. The Labute approximate surface area is 345 Å². The van der Waals surface area contributed by atoms with Crippen LogP contribution in [0.1, 0.15) is 70.4 Å². The average Bonchev–Trinajstić information content (AvgIpc) is 3.22. The van der Waals surface area contributed by atoms with Crippen LogP contribution in [-0.4, -0.2) is 134 Å². The molecule has 1 aliphatic heterocycles. The van der Waals surface area contributed by atoms with Crippen molar-refractivity contribution in [3.63, 3.8) is 0 Å². The zero-order chi connectivity index (χ0) is 41.2. The lowest BCUT2D eigenvalue weighted by Gasteiger charge is -2.38. The first-order valence-corrected chi connectivity index (χ1v) is 21.1. The van der Waals surface area contributed by atoms with Gasteiger partial charge in [-0.05, 0) is 105 Å². The summed E-state index contributed by atoms with van der Waals surface area (Å²) in [5.41, 5.74) is 8.52. The van der Waals surface area contributed by atoms with Crippen LogP contribution in [0, 0.1) is 0 Å². The van der Waals surface area contributed by atoms with Crippen molar-refractivity contribution in [3.8, 4) is 5.75 Å². The van der Waals surface area contributed by atoms with E-state index in [0.717, 1.165) is 71.3 Å². The van der Waals surface area contributed by atoms with E-state index in [1.54, 1.807) is 0 Å². The molecule has 2 unspecified atom stereocenters. The smallest absolute Gasteiger partial charge is 0.220 e. The molecule has 1 aromatic rings. The number of amides is 1. The Morgan fingerprint density at radius 1 is 0.793 bits per heavy atom. The van der Waals surface area contributed by atoms with Crippen LogP contribution in [0.4, 0.5) is 0 Å². The molecule has 0 fully saturated rings. The third-order valence-electron chi connectivity index (χ3n) is 9.77. The number of aliphatic hydroxyl groups is 2. The van der Waals surface area contributed by atoms with Crippen molar-refractivity contribution in [3.05, 3.63) is 81.6 Å². The third-order valence-corrected chi connectivity index (χ3v) is 9.77. The first-order chi connectivity index (χ1) is 28.4. The Bertz CT molecular complexity index is 1540. The molecular weight excluding hydrogens is 744 g/mol. The fourth-order valence-electron chi connectivity index (χ4n) is 6.84. The minimum Gasteiger partial charge on any atom is -0.494 e. The Morgan fingerprint density at radius 3 is 2.10 bits per heavy atom. The summed E-state index contributed by atoms with van der Waals surface area (Å²) in [7, 11) is 0. The van der Waals surface area contributed by atoms with E-state index in [9.17, 15) is 9.90 Å². The van der Waals surface area contributed by atoms with Crippen molar-refractivity contribution in [1.82, 2.24) is 10.6 Å². The third kappa shape index (κ3) is 16.7. The largest absolute Gasteiger partial charge is 0.494 e. The topological polar surface area (TPSA) is 155 Å². The van der Waals surface area contributed by atoms with Gasteiger partial charge in [-0.1, -0.05) is 29.9 Å². The number of nitrogens with one attached hydrogen (secondary N) is 2. The maximum absolute atomic E-state index is 12.5. The second kappa shape index (κ2) is 28.2. The number of carbonyl (C=O) groups is 1. The van der Waals surface area contributed by atoms with Crippen molar-refractivity contribution in [2.24, 2.45) is 0 Å². The number of likely N-dealkylation sites (N-methyl/N-ethyl adjacent to an activating group) is 1. The molecule has 4 N–H and O–H groups in total. The molecule has 0 saturated heterocycles. The van der Waals surface area contributed by atoms with E-state index < -0.39 is 0 Å². The van der Waals surface area contributed by atoms with Crippen LogP contribution in [0.2, 0.25) is 0 Å². The van der Waals surface area contributed by atoms with Crippen LogP contribution >= 0.6 is 0 Å². The number of aliphatic hydroxyl groups excluding tert-OH is 2. The van der Waals surface area contributed by atoms with Crippen LogP contribution in [-0.2, 0) is 44.6 Å². The zero-order valence-electron chi connectivity index (χ0n) is 35.0. The number of rotatable bonds is 32. The highest BCUT2D eigenvalue weighted by atomic mass is 16.6. The van der Waals surface area contributed by atoms with E-state index in [1.165, 1.54) is 5.57 Å². The van der Waals surface area contributed by atoms with E-state index >= 15 is 0 Å². The fourth-order valence-corrected chi connectivity index (χ4v) is 6.84. The maximum atomic E-state index is 12.5. The summed E-state index contributed by atoms with van der Waals surface area (Å²) in [4.78, 5) is 12.5. The number of hydrogen-bond acceptors (Lipinski definition) is 12. The van der Waals surface area contributed by atoms with Crippen LogP contribution in [0.5, 0.6) is 5.75 Å². The van der Waals surface area contributed by atoms with Gasteiger partial charge in [-0.3, -0.25) is 4.79 Å². The van der Waals surface area contributed by atoms with Crippen molar-refractivity contribution < 1.29 is 52.9 Å². The summed E-state index contributed by atoms with van der Waals surface area (Å²) in [5.74, 6) is 0.677. The van der Waals surface area contributed by atoms with Gasteiger partial charge in [0.1, 0.15) is 11.9 Å². The molecule has 13 nitrogen and oxygen atoms in total. The number of benzene rings is 1. The maximum Gasteiger partial charge on any atom is 0.220 e. The average molecular weight is 813 g/mol. The number of unbranched alkanes of at least 4 members (excludes halogenated alkanes) is 2. The highest BCUT2D eigenvalue weighted by Crippen LogP contribution is 2.45. The minimum absolute atomic E-state index is 0.0216. The molecule has 324 valence electrons. The van der Waals surface area contributed by atoms with E-state index in [1.807, 2.05) is 18.2 Å². The number of carbonyl (C=O) groups excluding carboxylic acids is 1. The standard InChI is InChI=1S/C45H68N2O11/c1-4-46-41-32-43-40(30-35(41)3)45(39-29-34(2)10-13-42(39)58-43)38-31-37(12-11-36(38)33-49)57-18-8-9-44(50)47-14-19-51-16-6-5-7-17-52-21-23-54-25-27-56-28-26-55-24-22-53-20-15-48/h10-12,29-32,42-43,46,48-49H,4-9,13-28,33H2,1-3H3,(H,47,50). The Balaban J connectivity index is 1.04. The Hall–Kier alpha value is -3.37. The van der Waals surface area contributed by atoms with E-state index in [4.69, 9.17) is 43.0 Å². The lowest BCUT2D eigenvalue weighted by atomic mass is 9.78. The molecule has 2 atom stereocenters. The lowest BCUT2D eigenvalue weighted by Crippen LogP contribution is -2.34. The molecule has 1 heterocycles. The molecule has 1 amide bonds.